The average molecular weight is 374 g/mol. The van der Waals surface area contributed by atoms with Crippen molar-refractivity contribution in [3.05, 3.63) is 66.7 Å². The van der Waals surface area contributed by atoms with Crippen LogP contribution in [0, 0.1) is 5.82 Å². The lowest BCUT2D eigenvalue weighted by molar-refractivity contribution is 0.419. The van der Waals surface area contributed by atoms with Crippen molar-refractivity contribution in [3.63, 3.8) is 0 Å². The first-order valence-corrected chi connectivity index (χ1v) is 9.00. The van der Waals surface area contributed by atoms with Gasteiger partial charge in [-0.1, -0.05) is 18.2 Å². The van der Waals surface area contributed by atoms with Crippen molar-refractivity contribution in [1.29, 1.82) is 0 Å². The fourth-order valence-electron chi connectivity index (χ4n) is 3.13. The molecule has 0 saturated carbocycles. The summed E-state index contributed by atoms with van der Waals surface area (Å²) in [6.45, 7) is 2.68. The Balaban J connectivity index is 1.99. The van der Waals surface area contributed by atoms with Crippen molar-refractivity contribution in [1.82, 2.24) is 15.0 Å². The van der Waals surface area contributed by atoms with Crippen LogP contribution in [-0.4, -0.2) is 28.6 Å². The van der Waals surface area contributed by atoms with Gasteiger partial charge in [0.2, 0.25) is 0 Å². The van der Waals surface area contributed by atoms with Gasteiger partial charge in [-0.3, -0.25) is 4.98 Å². The second-order valence-corrected chi connectivity index (χ2v) is 6.22. The largest absolute Gasteiger partial charge is 0.494 e. The van der Waals surface area contributed by atoms with E-state index < -0.39 is 0 Å². The van der Waals surface area contributed by atoms with Crippen molar-refractivity contribution in [2.24, 2.45) is 0 Å². The monoisotopic (exact) mass is 374 g/mol. The number of hydrogen-bond donors (Lipinski definition) is 1. The van der Waals surface area contributed by atoms with E-state index >= 15 is 0 Å². The number of halogens is 1. The Labute approximate surface area is 162 Å². The van der Waals surface area contributed by atoms with Gasteiger partial charge in [0.25, 0.3) is 0 Å². The van der Waals surface area contributed by atoms with Crippen LogP contribution in [0.1, 0.15) is 6.92 Å². The summed E-state index contributed by atoms with van der Waals surface area (Å²) in [4.78, 5) is 13.5. The van der Waals surface area contributed by atoms with Gasteiger partial charge in [-0.15, -0.1) is 0 Å². The van der Waals surface area contributed by atoms with E-state index in [1.54, 1.807) is 37.7 Å². The summed E-state index contributed by atoms with van der Waals surface area (Å²) in [5.41, 5.74) is 2.68. The lowest BCUT2D eigenvalue weighted by Crippen LogP contribution is -2.04. The highest BCUT2D eigenvalue weighted by atomic mass is 19.1. The van der Waals surface area contributed by atoms with E-state index in [4.69, 9.17) is 9.72 Å². The number of aromatic nitrogens is 3. The number of anilines is 1. The molecule has 4 aromatic rings. The standard InChI is InChI=1S/C22H19FN4O/c1-3-25-22-17-11-15(16-8-4-5-9-18(16)23)12-19(28-2)20(17)26-21(27-22)14-7-6-10-24-13-14/h4-13H,3H2,1-2H3,(H,25,26,27). The molecule has 0 amide bonds. The first-order valence-electron chi connectivity index (χ1n) is 9.00. The lowest BCUT2D eigenvalue weighted by atomic mass is 10.0. The van der Waals surface area contributed by atoms with E-state index in [-0.39, 0.29) is 5.82 Å². The second kappa shape index (κ2) is 7.60. The maximum Gasteiger partial charge on any atom is 0.163 e. The first kappa shape index (κ1) is 17.9. The molecule has 2 heterocycles. The van der Waals surface area contributed by atoms with Gasteiger partial charge in [-0.25, -0.2) is 14.4 Å². The summed E-state index contributed by atoms with van der Waals surface area (Å²) in [6, 6.07) is 14.1. The smallest absolute Gasteiger partial charge is 0.163 e. The van der Waals surface area contributed by atoms with E-state index in [9.17, 15) is 4.39 Å². The van der Waals surface area contributed by atoms with E-state index in [1.165, 1.54) is 6.07 Å². The van der Waals surface area contributed by atoms with Crippen LogP contribution in [0.25, 0.3) is 33.4 Å². The summed E-state index contributed by atoms with van der Waals surface area (Å²) < 4.78 is 19.9. The van der Waals surface area contributed by atoms with Crippen molar-refractivity contribution >= 4 is 16.7 Å². The molecule has 1 N–H and O–H groups in total. The van der Waals surface area contributed by atoms with Crippen LogP contribution in [0.4, 0.5) is 10.2 Å². The molecule has 0 fully saturated rings. The van der Waals surface area contributed by atoms with E-state index in [1.807, 2.05) is 31.2 Å². The van der Waals surface area contributed by atoms with Crippen LogP contribution in [0.2, 0.25) is 0 Å². The molecule has 0 radical (unpaired) electrons. The van der Waals surface area contributed by atoms with Crippen LogP contribution in [0.5, 0.6) is 5.75 Å². The van der Waals surface area contributed by atoms with Crippen LogP contribution >= 0.6 is 0 Å². The third-order valence-electron chi connectivity index (χ3n) is 4.43. The number of ether oxygens (including phenoxy) is 1. The highest BCUT2D eigenvalue weighted by Crippen LogP contribution is 2.36. The van der Waals surface area contributed by atoms with Gasteiger partial charge < -0.3 is 10.1 Å². The van der Waals surface area contributed by atoms with Crippen LogP contribution < -0.4 is 10.1 Å². The predicted octanol–water partition coefficient (Wildman–Crippen LogP) is 4.94. The van der Waals surface area contributed by atoms with Gasteiger partial charge in [0.1, 0.15) is 22.9 Å². The molecule has 0 saturated heterocycles. The molecular weight excluding hydrogens is 355 g/mol. The zero-order chi connectivity index (χ0) is 19.5. The number of benzene rings is 2. The molecule has 140 valence electrons. The third kappa shape index (κ3) is 3.24. The summed E-state index contributed by atoms with van der Waals surface area (Å²) in [7, 11) is 1.58. The molecule has 2 aromatic heterocycles. The number of fused-ring (bicyclic) bond motifs is 1. The highest BCUT2D eigenvalue weighted by molar-refractivity contribution is 5.97. The topological polar surface area (TPSA) is 59.9 Å². The minimum atomic E-state index is -0.290. The fourth-order valence-corrected chi connectivity index (χ4v) is 3.13. The maximum atomic E-state index is 14.4. The molecule has 0 spiro atoms. The number of methoxy groups -OCH3 is 1. The number of hydrogen-bond acceptors (Lipinski definition) is 5. The van der Waals surface area contributed by atoms with Crippen molar-refractivity contribution < 1.29 is 9.13 Å². The number of pyridine rings is 1. The highest BCUT2D eigenvalue weighted by Gasteiger charge is 2.16. The molecule has 0 aliphatic carbocycles. The summed E-state index contributed by atoms with van der Waals surface area (Å²) in [6.07, 6.45) is 3.42. The lowest BCUT2D eigenvalue weighted by Gasteiger charge is -2.14. The third-order valence-corrected chi connectivity index (χ3v) is 4.43. The summed E-state index contributed by atoms with van der Waals surface area (Å²) >= 11 is 0. The summed E-state index contributed by atoms with van der Waals surface area (Å²) in [5.74, 6) is 1.49. The molecule has 6 heteroatoms. The van der Waals surface area contributed by atoms with Gasteiger partial charge in [-0.05, 0) is 42.8 Å². The molecule has 4 rings (SSSR count). The van der Waals surface area contributed by atoms with Crippen molar-refractivity contribution in [2.45, 2.75) is 6.92 Å². The van der Waals surface area contributed by atoms with Crippen molar-refractivity contribution in [2.75, 3.05) is 19.0 Å². The molecule has 5 nitrogen and oxygen atoms in total. The molecule has 0 atom stereocenters. The number of rotatable bonds is 5. The van der Waals surface area contributed by atoms with Crippen LogP contribution in [0.3, 0.4) is 0 Å². The Bertz CT molecular complexity index is 1130. The van der Waals surface area contributed by atoms with E-state index in [0.717, 1.165) is 10.9 Å². The van der Waals surface area contributed by atoms with Gasteiger partial charge in [0, 0.05) is 35.5 Å². The minimum Gasteiger partial charge on any atom is -0.494 e. The Morgan fingerprint density at radius 2 is 1.89 bits per heavy atom. The van der Waals surface area contributed by atoms with Gasteiger partial charge in [-0.2, -0.15) is 0 Å². The zero-order valence-electron chi connectivity index (χ0n) is 15.6. The van der Waals surface area contributed by atoms with Crippen LogP contribution in [-0.2, 0) is 0 Å². The Morgan fingerprint density at radius 3 is 2.61 bits per heavy atom. The van der Waals surface area contributed by atoms with Crippen LogP contribution in [0.15, 0.2) is 60.9 Å². The maximum absolute atomic E-state index is 14.4. The number of nitrogens with zero attached hydrogens (tertiary/aromatic N) is 3. The van der Waals surface area contributed by atoms with Gasteiger partial charge in [0.15, 0.2) is 5.82 Å². The predicted molar refractivity (Wildman–Crippen MR) is 109 cm³/mol. The molecule has 0 aliphatic rings. The normalized spacial score (nSPS) is 10.8. The first-order chi connectivity index (χ1) is 13.7. The second-order valence-electron chi connectivity index (χ2n) is 6.22. The molecule has 0 aliphatic heterocycles. The number of nitrogens with one attached hydrogen (secondary N) is 1. The quantitative estimate of drug-likeness (QED) is 0.536. The molecule has 0 unspecified atom stereocenters. The Kier molecular flexibility index (Phi) is 4.85. The molecule has 0 bridgehead atoms. The summed E-state index contributed by atoms with van der Waals surface area (Å²) in [5, 5.41) is 4.05. The SMILES string of the molecule is CCNc1nc(-c2cccnc2)nc2c(OC)cc(-c3ccccc3F)cc12. The van der Waals surface area contributed by atoms with Gasteiger partial charge in [0.05, 0.1) is 7.11 Å². The van der Waals surface area contributed by atoms with Crippen molar-refractivity contribution in [3.8, 4) is 28.3 Å². The average Bonchev–Trinajstić information content (AvgIpc) is 2.74. The Hall–Kier alpha value is -3.54. The van der Waals surface area contributed by atoms with E-state index in [2.05, 4.69) is 15.3 Å². The molecule has 28 heavy (non-hydrogen) atoms. The van der Waals surface area contributed by atoms with Gasteiger partial charge >= 0.3 is 0 Å². The van der Waals surface area contributed by atoms with E-state index in [0.29, 0.717) is 40.6 Å². The zero-order valence-corrected chi connectivity index (χ0v) is 15.6. The molecule has 2 aromatic carbocycles. The fraction of sp³-hybridized carbons (Fsp3) is 0.136. The Morgan fingerprint density at radius 1 is 1.04 bits per heavy atom. The minimum absolute atomic E-state index is 0.290. The molecular formula is C22H19FN4O.